The molecule has 1 heterocycles. The van der Waals surface area contributed by atoms with Gasteiger partial charge < -0.3 is 20.5 Å². The predicted octanol–water partition coefficient (Wildman–Crippen LogP) is 2.02. The topological polar surface area (TPSA) is 75.8 Å². The minimum Gasteiger partial charge on any atom is -0.444 e. The highest BCUT2D eigenvalue weighted by Gasteiger charge is 2.45. The molecule has 0 radical (unpaired) electrons. The van der Waals surface area contributed by atoms with Crippen molar-refractivity contribution in [3.63, 3.8) is 0 Å². The van der Waals surface area contributed by atoms with Crippen LogP contribution in [-0.2, 0) is 4.74 Å². The number of carbonyl (C=O) groups is 1. The first kappa shape index (κ1) is 15.6. The van der Waals surface area contributed by atoms with Crippen LogP contribution < -0.4 is 5.73 Å². The van der Waals surface area contributed by atoms with Crippen molar-refractivity contribution in [3.05, 3.63) is 0 Å². The third-order valence-electron chi connectivity index (χ3n) is 4.43. The lowest BCUT2D eigenvalue weighted by molar-refractivity contribution is 0.00688. The number of rotatable bonds is 1. The summed E-state index contributed by atoms with van der Waals surface area (Å²) in [4.78, 5) is 14.1. The molecule has 1 saturated carbocycles. The molecule has 0 aromatic carbocycles. The number of nitrogens with two attached hydrogens (primary N) is 1. The normalized spacial score (nSPS) is 35.1. The first-order chi connectivity index (χ1) is 9.21. The summed E-state index contributed by atoms with van der Waals surface area (Å²) in [6.07, 6.45) is 4.44. The Morgan fingerprint density at radius 2 is 1.90 bits per heavy atom. The molecule has 5 nitrogen and oxygen atoms in total. The number of aliphatic hydroxyl groups excluding tert-OH is 1. The van der Waals surface area contributed by atoms with E-state index in [4.69, 9.17) is 10.5 Å². The zero-order chi connectivity index (χ0) is 15.0. The minimum atomic E-state index is -0.477. The van der Waals surface area contributed by atoms with Crippen molar-refractivity contribution in [2.24, 2.45) is 5.73 Å². The predicted molar refractivity (Wildman–Crippen MR) is 77.4 cm³/mol. The fourth-order valence-corrected chi connectivity index (χ4v) is 3.38. The van der Waals surface area contributed by atoms with Crippen molar-refractivity contribution in [3.8, 4) is 0 Å². The van der Waals surface area contributed by atoms with Gasteiger partial charge in [0.1, 0.15) is 5.60 Å². The number of likely N-dealkylation sites (tertiary alicyclic amines) is 1. The Balaban J connectivity index is 2.05. The van der Waals surface area contributed by atoms with Gasteiger partial charge >= 0.3 is 6.09 Å². The summed E-state index contributed by atoms with van der Waals surface area (Å²) in [5.74, 6) is 0. The molecule has 3 N–H and O–H groups in total. The molecule has 0 spiro atoms. The molecule has 1 amide bonds. The highest BCUT2D eigenvalue weighted by Crippen LogP contribution is 2.36. The number of nitrogens with zero attached hydrogens (tertiary/aromatic N) is 1. The van der Waals surface area contributed by atoms with Crippen LogP contribution in [0.4, 0.5) is 4.79 Å². The molecular formula is C15H28N2O3. The van der Waals surface area contributed by atoms with Gasteiger partial charge in [-0.2, -0.15) is 0 Å². The number of aliphatic hydroxyl groups is 1. The molecule has 1 aliphatic carbocycles. The van der Waals surface area contributed by atoms with Gasteiger partial charge in [0.15, 0.2) is 0 Å². The molecule has 2 rings (SSSR count). The van der Waals surface area contributed by atoms with Crippen LogP contribution in [0.1, 0.15) is 59.3 Å². The quantitative estimate of drug-likeness (QED) is 0.772. The Bertz CT molecular complexity index is 357. The van der Waals surface area contributed by atoms with Crippen molar-refractivity contribution in [2.75, 3.05) is 6.54 Å². The van der Waals surface area contributed by atoms with E-state index in [1.165, 1.54) is 0 Å². The van der Waals surface area contributed by atoms with Crippen LogP contribution in [0.5, 0.6) is 0 Å². The van der Waals surface area contributed by atoms with Gasteiger partial charge in [0.05, 0.1) is 12.1 Å². The van der Waals surface area contributed by atoms with Crippen LogP contribution in [0.3, 0.4) is 0 Å². The van der Waals surface area contributed by atoms with Gasteiger partial charge in [-0.15, -0.1) is 0 Å². The highest BCUT2D eigenvalue weighted by molar-refractivity contribution is 5.69. The summed E-state index contributed by atoms with van der Waals surface area (Å²) in [7, 11) is 0. The number of carbonyl (C=O) groups excluding carboxylic acids is 1. The maximum absolute atomic E-state index is 12.3. The van der Waals surface area contributed by atoms with E-state index >= 15 is 0 Å². The summed E-state index contributed by atoms with van der Waals surface area (Å²) in [5.41, 5.74) is 5.71. The summed E-state index contributed by atoms with van der Waals surface area (Å²) in [5, 5.41) is 9.65. The maximum atomic E-state index is 12.3. The maximum Gasteiger partial charge on any atom is 0.410 e. The Hall–Kier alpha value is -0.810. The second-order valence-corrected chi connectivity index (χ2v) is 7.30. The zero-order valence-corrected chi connectivity index (χ0v) is 12.9. The molecule has 0 aromatic rings. The van der Waals surface area contributed by atoms with Crippen LogP contribution in [0.2, 0.25) is 0 Å². The second-order valence-electron chi connectivity index (χ2n) is 7.30. The van der Waals surface area contributed by atoms with Gasteiger partial charge in [-0.3, -0.25) is 0 Å². The third-order valence-corrected chi connectivity index (χ3v) is 4.43. The Labute approximate surface area is 121 Å². The lowest BCUT2D eigenvalue weighted by Gasteiger charge is -2.43. The van der Waals surface area contributed by atoms with Gasteiger partial charge in [-0.05, 0) is 59.3 Å². The molecule has 1 unspecified atom stereocenters. The van der Waals surface area contributed by atoms with Gasteiger partial charge in [0.2, 0.25) is 0 Å². The van der Waals surface area contributed by atoms with Crippen molar-refractivity contribution in [2.45, 2.75) is 82.6 Å². The monoisotopic (exact) mass is 284 g/mol. The lowest BCUT2D eigenvalue weighted by Crippen LogP contribution is -2.59. The number of amides is 1. The Kier molecular flexibility index (Phi) is 4.30. The van der Waals surface area contributed by atoms with E-state index in [1.807, 2.05) is 25.7 Å². The molecule has 1 atom stereocenters. The van der Waals surface area contributed by atoms with E-state index < -0.39 is 5.60 Å². The molecule has 20 heavy (non-hydrogen) atoms. The first-order valence-corrected chi connectivity index (χ1v) is 7.68. The standard InChI is InChI=1S/C15H28N2O3/c1-14(2,3)20-13(19)17-10-4-5-12(17)15(16)8-6-11(18)7-9-15/h11-12,18H,4-10,16H2,1-3H3. The van der Waals surface area contributed by atoms with E-state index in [9.17, 15) is 9.90 Å². The fraction of sp³-hybridized carbons (Fsp3) is 0.933. The summed E-state index contributed by atoms with van der Waals surface area (Å²) in [6, 6.07) is 0.0462. The van der Waals surface area contributed by atoms with Crippen LogP contribution in [0, 0.1) is 0 Å². The van der Waals surface area contributed by atoms with E-state index in [-0.39, 0.29) is 23.8 Å². The Morgan fingerprint density at radius 1 is 1.30 bits per heavy atom. The van der Waals surface area contributed by atoms with Crippen molar-refractivity contribution >= 4 is 6.09 Å². The largest absolute Gasteiger partial charge is 0.444 e. The summed E-state index contributed by atoms with van der Waals surface area (Å²) >= 11 is 0. The lowest BCUT2D eigenvalue weighted by atomic mass is 9.75. The molecule has 1 aliphatic heterocycles. The molecule has 116 valence electrons. The number of ether oxygens (including phenoxy) is 1. The number of hydrogen-bond donors (Lipinski definition) is 2. The van der Waals surface area contributed by atoms with Gasteiger partial charge in [-0.25, -0.2) is 4.79 Å². The molecule has 5 heteroatoms. The minimum absolute atomic E-state index is 0.0462. The zero-order valence-electron chi connectivity index (χ0n) is 12.9. The van der Waals surface area contributed by atoms with Crippen LogP contribution in [0.15, 0.2) is 0 Å². The highest BCUT2D eigenvalue weighted by atomic mass is 16.6. The van der Waals surface area contributed by atoms with E-state index in [0.717, 1.165) is 45.1 Å². The molecule has 2 fully saturated rings. The van der Waals surface area contributed by atoms with Crippen molar-refractivity contribution < 1.29 is 14.6 Å². The summed E-state index contributed by atoms with van der Waals surface area (Å²) < 4.78 is 5.49. The van der Waals surface area contributed by atoms with Gasteiger partial charge in [-0.1, -0.05) is 0 Å². The molecular weight excluding hydrogens is 256 g/mol. The van der Waals surface area contributed by atoms with E-state index in [2.05, 4.69) is 0 Å². The third kappa shape index (κ3) is 3.44. The van der Waals surface area contributed by atoms with Crippen LogP contribution in [0.25, 0.3) is 0 Å². The van der Waals surface area contributed by atoms with Gasteiger partial charge in [0, 0.05) is 12.1 Å². The molecule has 2 aliphatic rings. The smallest absolute Gasteiger partial charge is 0.410 e. The summed E-state index contributed by atoms with van der Waals surface area (Å²) in [6.45, 7) is 6.36. The fourth-order valence-electron chi connectivity index (χ4n) is 3.38. The van der Waals surface area contributed by atoms with Crippen molar-refractivity contribution in [1.29, 1.82) is 0 Å². The van der Waals surface area contributed by atoms with Crippen molar-refractivity contribution in [1.82, 2.24) is 4.90 Å². The van der Waals surface area contributed by atoms with E-state index in [0.29, 0.717) is 0 Å². The van der Waals surface area contributed by atoms with Crippen LogP contribution in [-0.4, -0.2) is 45.9 Å². The SMILES string of the molecule is CC(C)(C)OC(=O)N1CCCC1C1(N)CCC(O)CC1. The Morgan fingerprint density at radius 3 is 2.45 bits per heavy atom. The molecule has 0 aromatic heterocycles. The average molecular weight is 284 g/mol. The molecule has 0 bridgehead atoms. The second kappa shape index (κ2) is 5.53. The average Bonchev–Trinajstić information content (AvgIpc) is 2.81. The van der Waals surface area contributed by atoms with E-state index in [1.54, 1.807) is 0 Å². The van der Waals surface area contributed by atoms with Crippen LogP contribution >= 0.6 is 0 Å². The first-order valence-electron chi connectivity index (χ1n) is 7.68. The molecule has 1 saturated heterocycles. The van der Waals surface area contributed by atoms with Gasteiger partial charge in [0.25, 0.3) is 0 Å². The number of hydrogen-bond acceptors (Lipinski definition) is 4.